The van der Waals surface area contributed by atoms with Crippen molar-refractivity contribution in [3.8, 4) is 0 Å². The van der Waals surface area contributed by atoms with Gasteiger partial charge >= 0.3 is 6.18 Å². The Balaban J connectivity index is 2.48. The summed E-state index contributed by atoms with van der Waals surface area (Å²) in [5.41, 5.74) is 4.44. The molecular formula is C7H11F3N2O. The van der Waals surface area contributed by atoms with E-state index in [9.17, 15) is 18.0 Å². The van der Waals surface area contributed by atoms with Crippen molar-refractivity contribution >= 4 is 5.91 Å². The van der Waals surface area contributed by atoms with Gasteiger partial charge in [0.25, 0.3) is 0 Å². The molecule has 1 saturated carbocycles. The highest BCUT2D eigenvalue weighted by Gasteiger charge is 2.48. The van der Waals surface area contributed by atoms with E-state index in [1.165, 1.54) is 0 Å². The van der Waals surface area contributed by atoms with Crippen LogP contribution in [0.2, 0.25) is 0 Å². The monoisotopic (exact) mass is 196 g/mol. The fraction of sp³-hybridized carbons (Fsp3) is 0.857. The molecule has 2 N–H and O–H groups in total. The van der Waals surface area contributed by atoms with Crippen LogP contribution < -0.4 is 5.73 Å². The first-order chi connectivity index (χ1) is 5.75. The summed E-state index contributed by atoms with van der Waals surface area (Å²) in [6.45, 7) is -1.23. The molecule has 1 fully saturated rings. The van der Waals surface area contributed by atoms with Gasteiger partial charge < -0.3 is 10.6 Å². The second-order valence-corrected chi connectivity index (χ2v) is 3.43. The van der Waals surface area contributed by atoms with Gasteiger partial charge in [-0.15, -0.1) is 0 Å². The van der Waals surface area contributed by atoms with Crippen LogP contribution in [-0.4, -0.2) is 36.1 Å². The van der Waals surface area contributed by atoms with Gasteiger partial charge in [-0.1, -0.05) is 0 Å². The van der Waals surface area contributed by atoms with E-state index < -0.39 is 24.2 Å². The predicted molar refractivity (Wildman–Crippen MR) is 39.8 cm³/mol. The van der Waals surface area contributed by atoms with Crippen LogP contribution in [0, 0.1) is 0 Å². The number of carbonyl (C=O) groups excluding carboxylic acids is 1. The van der Waals surface area contributed by atoms with Crippen molar-refractivity contribution in [1.29, 1.82) is 0 Å². The standard InChI is InChI=1S/C7H11F3N2O/c1-12(4-7(8,9)10)5(13)6(11)2-3-6/h2-4,11H2,1H3. The smallest absolute Gasteiger partial charge is 0.335 e. The van der Waals surface area contributed by atoms with E-state index in [-0.39, 0.29) is 0 Å². The van der Waals surface area contributed by atoms with Gasteiger partial charge in [-0.2, -0.15) is 13.2 Å². The van der Waals surface area contributed by atoms with Gasteiger partial charge in [-0.25, -0.2) is 0 Å². The van der Waals surface area contributed by atoms with Crippen LogP contribution in [0.4, 0.5) is 13.2 Å². The molecule has 6 heteroatoms. The van der Waals surface area contributed by atoms with Crippen molar-refractivity contribution < 1.29 is 18.0 Å². The number of nitrogens with zero attached hydrogens (tertiary/aromatic N) is 1. The third-order valence-electron chi connectivity index (χ3n) is 1.98. The zero-order valence-electron chi connectivity index (χ0n) is 7.19. The molecule has 0 atom stereocenters. The summed E-state index contributed by atoms with van der Waals surface area (Å²) in [4.78, 5) is 11.8. The first-order valence-corrected chi connectivity index (χ1v) is 3.86. The van der Waals surface area contributed by atoms with Crippen molar-refractivity contribution in [2.45, 2.75) is 24.6 Å². The van der Waals surface area contributed by atoms with Gasteiger partial charge in [0.05, 0.1) is 5.54 Å². The Morgan fingerprint density at radius 1 is 1.54 bits per heavy atom. The highest BCUT2D eigenvalue weighted by molar-refractivity contribution is 5.88. The van der Waals surface area contributed by atoms with Crippen LogP contribution >= 0.6 is 0 Å². The summed E-state index contributed by atoms with van der Waals surface area (Å²) in [6.07, 6.45) is -3.39. The number of hydrogen-bond acceptors (Lipinski definition) is 2. The Morgan fingerprint density at radius 2 is 2.00 bits per heavy atom. The first-order valence-electron chi connectivity index (χ1n) is 3.86. The number of nitrogens with two attached hydrogens (primary N) is 1. The van der Waals surface area contributed by atoms with E-state index in [4.69, 9.17) is 5.73 Å². The van der Waals surface area contributed by atoms with E-state index in [1.54, 1.807) is 0 Å². The Bertz CT molecular complexity index is 222. The maximum atomic E-state index is 11.8. The van der Waals surface area contributed by atoms with Gasteiger partial charge in [0.1, 0.15) is 6.54 Å². The quantitative estimate of drug-likeness (QED) is 0.699. The second-order valence-electron chi connectivity index (χ2n) is 3.43. The molecule has 1 aliphatic carbocycles. The van der Waals surface area contributed by atoms with E-state index in [1.807, 2.05) is 0 Å². The zero-order chi connectivity index (χ0) is 10.3. The number of halogens is 3. The van der Waals surface area contributed by atoms with Gasteiger partial charge in [0.15, 0.2) is 0 Å². The van der Waals surface area contributed by atoms with Gasteiger partial charge in [0.2, 0.25) is 5.91 Å². The van der Waals surface area contributed by atoms with Crippen LogP contribution in [0.1, 0.15) is 12.8 Å². The molecule has 0 aromatic rings. The molecule has 0 heterocycles. The molecule has 1 amide bonds. The van der Waals surface area contributed by atoms with Crippen molar-refractivity contribution in [1.82, 2.24) is 4.90 Å². The Hall–Kier alpha value is -0.780. The molecule has 1 rings (SSSR count). The summed E-state index contributed by atoms with van der Waals surface area (Å²) in [7, 11) is 1.11. The average Bonchev–Trinajstić information content (AvgIpc) is 2.64. The summed E-state index contributed by atoms with van der Waals surface area (Å²) < 4.78 is 35.5. The summed E-state index contributed by atoms with van der Waals surface area (Å²) in [5.74, 6) is -0.621. The molecule has 1 aliphatic rings. The SMILES string of the molecule is CN(CC(F)(F)F)C(=O)C1(N)CC1. The Morgan fingerprint density at radius 3 is 2.31 bits per heavy atom. The molecule has 0 unspecified atom stereocenters. The molecular weight excluding hydrogens is 185 g/mol. The Kier molecular flexibility index (Phi) is 2.27. The minimum atomic E-state index is -4.35. The molecule has 76 valence electrons. The first kappa shape index (κ1) is 10.3. The zero-order valence-corrected chi connectivity index (χ0v) is 7.19. The number of carbonyl (C=O) groups is 1. The van der Waals surface area contributed by atoms with E-state index in [0.29, 0.717) is 17.7 Å². The Labute approximate surface area is 73.7 Å². The highest BCUT2D eigenvalue weighted by atomic mass is 19.4. The van der Waals surface area contributed by atoms with Crippen molar-refractivity contribution in [3.63, 3.8) is 0 Å². The van der Waals surface area contributed by atoms with Crippen molar-refractivity contribution in [2.24, 2.45) is 5.73 Å². The number of amides is 1. The van der Waals surface area contributed by atoms with Crippen LogP contribution in [-0.2, 0) is 4.79 Å². The topological polar surface area (TPSA) is 46.3 Å². The molecule has 0 spiro atoms. The lowest BCUT2D eigenvalue weighted by Crippen LogP contribution is -2.46. The predicted octanol–water partition coefficient (Wildman–Crippen LogP) is 0.498. The molecule has 0 saturated heterocycles. The molecule has 0 radical (unpaired) electrons. The lowest BCUT2D eigenvalue weighted by Gasteiger charge is -2.21. The second kappa shape index (κ2) is 2.87. The summed E-state index contributed by atoms with van der Waals surface area (Å²) in [6, 6.07) is 0. The molecule has 0 aromatic carbocycles. The molecule has 0 aromatic heterocycles. The normalized spacial score (nSPS) is 19.8. The highest BCUT2D eigenvalue weighted by Crippen LogP contribution is 2.34. The van der Waals surface area contributed by atoms with E-state index in [2.05, 4.69) is 0 Å². The molecule has 0 bridgehead atoms. The summed E-state index contributed by atoms with van der Waals surface area (Å²) in [5, 5.41) is 0. The molecule has 0 aliphatic heterocycles. The van der Waals surface area contributed by atoms with E-state index >= 15 is 0 Å². The number of hydrogen-bond donors (Lipinski definition) is 1. The van der Waals surface area contributed by atoms with Gasteiger partial charge in [-0.05, 0) is 12.8 Å². The minimum absolute atomic E-state index is 0.480. The van der Waals surface area contributed by atoms with Gasteiger partial charge in [-0.3, -0.25) is 4.79 Å². The maximum Gasteiger partial charge on any atom is 0.406 e. The number of alkyl halides is 3. The summed E-state index contributed by atoms with van der Waals surface area (Å²) >= 11 is 0. The van der Waals surface area contributed by atoms with Gasteiger partial charge in [0, 0.05) is 7.05 Å². The molecule has 3 nitrogen and oxygen atoms in total. The maximum absolute atomic E-state index is 11.8. The van der Waals surface area contributed by atoms with Crippen molar-refractivity contribution in [3.05, 3.63) is 0 Å². The number of likely N-dealkylation sites (N-methyl/N-ethyl adjacent to an activating group) is 1. The lowest BCUT2D eigenvalue weighted by molar-refractivity contribution is -0.159. The number of rotatable bonds is 2. The van der Waals surface area contributed by atoms with E-state index in [0.717, 1.165) is 7.05 Å². The van der Waals surface area contributed by atoms with Crippen LogP contribution in [0.5, 0.6) is 0 Å². The third kappa shape index (κ3) is 2.58. The molecule has 13 heavy (non-hydrogen) atoms. The average molecular weight is 196 g/mol. The largest absolute Gasteiger partial charge is 0.406 e. The third-order valence-corrected chi connectivity index (χ3v) is 1.98. The lowest BCUT2D eigenvalue weighted by atomic mass is 10.2. The minimum Gasteiger partial charge on any atom is -0.335 e. The fourth-order valence-corrected chi connectivity index (χ4v) is 1.07. The fourth-order valence-electron chi connectivity index (χ4n) is 1.07. The van der Waals surface area contributed by atoms with Crippen LogP contribution in [0.25, 0.3) is 0 Å². The van der Waals surface area contributed by atoms with Crippen LogP contribution in [0.3, 0.4) is 0 Å². The van der Waals surface area contributed by atoms with Crippen LogP contribution in [0.15, 0.2) is 0 Å². The van der Waals surface area contributed by atoms with Crippen molar-refractivity contribution in [2.75, 3.05) is 13.6 Å².